The van der Waals surface area contributed by atoms with Crippen molar-refractivity contribution in [3.8, 4) is 0 Å². The number of rotatable bonds is 6. The topological polar surface area (TPSA) is 41.1 Å². The molecule has 0 aliphatic carbocycles. The molecule has 1 amide bonds. The third-order valence-corrected chi connectivity index (χ3v) is 3.77. The van der Waals surface area contributed by atoms with Crippen LogP contribution in [0.4, 0.5) is 0 Å². The van der Waals surface area contributed by atoms with Gasteiger partial charge in [-0.3, -0.25) is 10.1 Å². The van der Waals surface area contributed by atoms with Crippen molar-refractivity contribution in [2.24, 2.45) is 0 Å². The second kappa shape index (κ2) is 8.44. The van der Waals surface area contributed by atoms with Crippen molar-refractivity contribution in [2.75, 3.05) is 6.54 Å². The van der Waals surface area contributed by atoms with Crippen LogP contribution in [-0.2, 0) is 0 Å². The van der Waals surface area contributed by atoms with Crippen LogP contribution in [0.1, 0.15) is 30.1 Å². The minimum atomic E-state index is -1.61. The number of benzene rings is 1. The smallest absolute Gasteiger partial charge is 0.252 e. The van der Waals surface area contributed by atoms with Crippen LogP contribution in [0.3, 0.4) is 0 Å². The predicted molar refractivity (Wildman–Crippen MR) is 88.6 cm³/mol. The van der Waals surface area contributed by atoms with Gasteiger partial charge in [-0.1, -0.05) is 64.1 Å². The lowest BCUT2D eigenvalue weighted by Gasteiger charge is -2.26. The molecule has 0 spiro atoms. The van der Waals surface area contributed by atoms with Gasteiger partial charge in [-0.15, -0.1) is 0 Å². The van der Waals surface area contributed by atoms with Crippen molar-refractivity contribution in [3.63, 3.8) is 0 Å². The standard InChI is InChI=1S/C13H16BrCl3N2O/c1-2-3-8-18-12(13(15,16)17)19-11(20)9-4-6-10(14)7-5-9/h4-7,12,18H,2-3,8H2,1H3,(H,19,20). The van der Waals surface area contributed by atoms with Gasteiger partial charge in [-0.25, -0.2) is 0 Å². The van der Waals surface area contributed by atoms with Gasteiger partial charge in [-0.2, -0.15) is 0 Å². The van der Waals surface area contributed by atoms with Gasteiger partial charge in [0, 0.05) is 10.0 Å². The SMILES string of the molecule is CCCCNC(NC(=O)c1ccc(Br)cc1)C(Cl)(Cl)Cl. The minimum absolute atomic E-state index is 0.294. The molecule has 1 unspecified atom stereocenters. The number of unbranched alkanes of at least 4 members (excludes halogenated alkanes) is 1. The maximum absolute atomic E-state index is 12.1. The molecule has 0 aliphatic rings. The molecule has 1 aromatic carbocycles. The number of hydrogen-bond acceptors (Lipinski definition) is 2. The van der Waals surface area contributed by atoms with E-state index in [1.54, 1.807) is 24.3 Å². The second-order valence-corrected chi connectivity index (χ2v) is 7.55. The minimum Gasteiger partial charge on any atom is -0.333 e. The van der Waals surface area contributed by atoms with Crippen molar-refractivity contribution in [2.45, 2.75) is 29.7 Å². The van der Waals surface area contributed by atoms with Gasteiger partial charge in [0.05, 0.1) is 0 Å². The third kappa shape index (κ3) is 6.19. The Kier molecular flexibility index (Phi) is 7.62. The highest BCUT2D eigenvalue weighted by atomic mass is 79.9. The molecule has 1 aromatic rings. The molecule has 20 heavy (non-hydrogen) atoms. The van der Waals surface area contributed by atoms with E-state index in [2.05, 4.69) is 33.5 Å². The normalized spacial score (nSPS) is 13.1. The van der Waals surface area contributed by atoms with Gasteiger partial charge in [0.25, 0.3) is 5.91 Å². The fourth-order valence-corrected chi connectivity index (χ4v) is 2.15. The highest BCUT2D eigenvalue weighted by Gasteiger charge is 2.33. The summed E-state index contributed by atoms with van der Waals surface area (Å²) >= 11 is 21.0. The molecule has 1 atom stereocenters. The van der Waals surface area contributed by atoms with E-state index in [1.807, 2.05) is 0 Å². The molecule has 0 saturated heterocycles. The van der Waals surface area contributed by atoms with Crippen LogP contribution in [0.5, 0.6) is 0 Å². The van der Waals surface area contributed by atoms with Crippen molar-refractivity contribution in [3.05, 3.63) is 34.3 Å². The molecule has 0 aromatic heterocycles. The number of halogens is 4. The average molecular weight is 403 g/mol. The molecule has 0 bridgehead atoms. The summed E-state index contributed by atoms with van der Waals surface area (Å²) in [6.07, 6.45) is 1.21. The third-order valence-electron chi connectivity index (χ3n) is 2.59. The zero-order valence-electron chi connectivity index (χ0n) is 10.9. The first-order chi connectivity index (χ1) is 9.34. The van der Waals surface area contributed by atoms with Crippen LogP contribution in [0.15, 0.2) is 28.7 Å². The first kappa shape index (κ1) is 18.1. The number of carbonyl (C=O) groups is 1. The summed E-state index contributed by atoms with van der Waals surface area (Å²) in [6.45, 7) is 2.72. The van der Waals surface area contributed by atoms with Crippen LogP contribution in [0.25, 0.3) is 0 Å². The number of hydrogen-bond donors (Lipinski definition) is 2. The summed E-state index contributed by atoms with van der Waals surface area (Å²) < 4.78 is -0.716. The summed E-state index contributed by atoms with van der Waals surface area (Å²) in [6, 6.07) is 6.95. The van der Waals surface area contributed by atoms with E-state index >= 15 is 0 Å². The van der Waals surface area contributed by atoms with Gasteiger partial charge in [-0.05, 0) is 37.2 Å². The Labute approximate surface area is 142 Å². The van der Waals surface area contributed by atoms with Gasteiger partial charge in [0.15, 0.2) is 0 Å². The number of alkyl halides is 3. The zero-order chi connectivity index (χ0) is 15.2. The summed E-state index contributed by atoms with van der Waals surface area (Å²) in [5, 5.41) is 5.73. The number of amides is 1. The Morgan fingerprint density at radius 2 is 1.90 bits per heavy atom. The summed E-state index contributed by atoms with van der Waals surface area (Å²) in [5.41, 5.74) is 0.504. The van der Waals surface area contributed by atoms with E-state index in [9.17, 15) is 4.79 Å². The van der Waals surface area contributed by atoms with Crippen LogP contribution in [-0.4, -0.2) is 22.4 Å². The Morgan fingerprint density at radius 3 is 2.40 bits per heavy atom. The molecule has 2 N–H and O–H groups in total. The largest absolute Gasteiger partial charge is 0.333 e. The van der Waals surface area contributed by atoms with Gasteiger partial charge >= 0.3 is 0 Å². The summed E-state index contributed by atoms with van der Waals surface area (Å²) in [4.78, 5) is 12.1. The van der Waals surface area contributed by atoms with E-state index in [-0.39, 0.29) is 5.91 Å². The zero-order valence-corrected chi connectivity index (χ0v) is 14.8. The number of nitrogens with one attached hydrogen (secondary N) is 2. The van der Waals surface area contributed by atoms with E-state index in [0.717, 1.165) is 17.3 Å². The molecule has 1 rings (SSSR count). The summed E-state index contributed by atoms with van der Waals surface area (Å²) in [5.74, 6) is -0.294. The Balaban J connectivity index is 2.68. The first-order valence-electron chi connectivity index (χ1n) is 6.21. The lowest BCUT2D eigenvalue weighted by atomic mass is 10.2. The van der Waals surface area contributed by atoms with Crippen LogP contribution >= 0.6 is 50.7 Å². The fourth-order valence-electron chi connectivity index (χ4n) is 1.49. The first-order valence-corrected chi connectivity index (χ1v) is 8.13. The molecule has 0 heterocycles. The van der Waals surface area contributed by atoms with E-state index in [0.29, 0.717) is 12.1 Å². The van der Waals surface area contributed by atoms with E-state index in [1.165, 1.54) is 0 Å². The quantitative estimate of drug-likeness (QED) is 0.424. The highest BCUT2D eigenvalue weighted by molar-refractivity contribution is 9.10. The molecule has 0 aliphatic heterocycles. The Hall–Kier alpha value is -0.000000000000000111. The molecule has 112 valence electrons. The lowest BCUT2D eigenvalue weighted by Crippen LogP contribution is -2.53. The molecule has 3 nitrogen and oxygen atoms in total. The van der Waals surface area contributed by atoms with Crippen molar-refractivity contribution in [1.29, 1.82) is 0 Å². The van der Waals surface area contributed by atoms with E-state index < -0.39 is 9.96 Å². The van der Waals surface area contributed by atoms with Crippen molar-refractivity contribution >= 4 is 56.6 Å². The van der Waals surface area contributed by atoms with Gasteiger partial charge in [0.2, 0.25) is 3.79 Å². The van der Waals surface area contributed by atoms with Gasteiger partial charge < -0.3 is 5.32 Å². The Bertz CT molecular complexity index is 434. The second-order valence-electron chi connectivity index (χ2n) is 4.26. The predicted octanol–water partition coefficient (Wildman–Crippen LogP) is 4.26. The molecular formula is C13H16BrCl3N2O. The monoisotopic (exact) mass is 400 g/mol. The highest BCUT2D eigenvalue weighted by Crippen LogP contribution is 2.29. The lowest BCUT2D eigenvalue weighted by molar-refractivity contribution is 0.0930. The Morgan fingerprint density at radius 1 is 1.30 bits per heavy atom. The van der Waals surface area contributed by atoms with Crippen LogP contribution in [0, 0.1) is 0 Å². The number of carbonyl (C=O) groups excluding carboxylic acids is 1. The molecule has 0 fully saturated rings. The maximum Gasteiger partial charge on any atom is 0.252 e. The average Bonchev–Trinajstić information content (AvgIpc) is 2.37. The van der Waals surface area contributed by atoms with Crippen molar-refractivity contribution < 1.29 is 4.79 Å². The fraction of sp³-hybridized carbons (Fsp3) is 0.462. The maximum atomic E-state index is 12.1. The van der Waals surface area contributed by atoms with Crippen molar-refractivity contribution in [1.82, 2.24) is 10.6 Å². The van der Waals surface area contributed by atoms with Gasteiger partial charge in [0.1, 0.15) is 6.17 Å². The molecule has 0 saturated carbocycles. The molecular weight excluding hydrogens is 386 g/mol. The molecule has 7 heteroatoms. The summed E-state index contributed by atoms with van der Waals surface area (Å²) in [7, 11) is 0. The van der Waals surface area contributed by atoms with Crippen LogP contribution < -0.4 is 10.6 Å². The van der Waals surface area contributed by atoms with E-state index in [4.69, 9.17) is 34.8 Å². The molecule has 0 radical (unpaired) electrons. The van der Waals surface area contributed by atoms with Crippen LogP contribution in [0.2, 0.25) is 0 Å².